The van der Waals surface area contributed by atoms with Crippen molar-refractivity contribution in [3.63, 3.8) is 0 Å². The Bertz CT molecular complexity index is 1170. The molecule has 1 saturated heterocycles. The van der Waals surface area contributed by atoms with Crippen LogP contribution in [0.2, 0.25) is 0 Å². The van der Waals surface area contributed by atoms with Gasteiger partial charge in [-0.1, -0.05) is 60.7 Å². The first-order valence-corrected chi connectivity index (χ1v) is 11.6. The van der Waals surface area contributed by atoms with Crippen molar-refractivity contribution in [2.45, 2.75) is 25.4 Å². The number of carbonyl (C=O) groups excluding carboxylic acids is 1. The Hall–Kier alpha value is -3.02. The van der Waals surface area contributed by atoms with E-state index in [2.05, 4.69) is 52.7 Å². The predicted octanol–water partition coefficient (Wildman–Crippen LogP) is 5.36. The average Bonchev–Trinajstić information content (AvgIpc) is 3.25. The molecule has 0 atom stereocenters. The number of aromatic nitrogens is 1. The van der Waals surface area contributed by atoms with Gasteiger partial charge in [0.05, 0.1) is 10.2 Å². The third-order valence-electron chi connectivity index (χ3n) is 5.84. The summed E-state index contributed by atoms with van der Waals surface area (Å²) in [4.78, 5) is 20.1. The molecule has 156 valence electrons. The molecular formula is C26H25N3OS. The monoisotopic (exact) mass is 427 g/mol. The number of likely N-dealkylation sites (tertiary alicyclic amines) is 1. The maximum atomic E-state index is 12.9. The van der Waals surface area contributed by atoms with E-state index in [1.54, 1.807) is 11.3 Å². The minimum absolute atomic E-state index is 0.0121. The van der Waals surface area contributed by atoms with E-state index >= 15 is 0 Å². The highest BCUT2D eigenvalue weighted by molar-refractivity contribution is 7.21. The number of fused-ring (bicyclic) bond motifs is 1. The Morgan fingerprint density at radius 1 is 0.968 bits per heavy atom. The van der Waals surface area contributed by atoms with E-state index in [1.165, 1.54) is 5.56 Å². The van der Waals surface area contributed by atoms with E-state index in [1.807, 2.05) is 36.4 Å². The van der Waals surface area contributed by atoms with Gasteiger partial charge in [-0.05, 0) is 36.6 Å². The summed E-state index contributed by atoms with van der Waals surface area (Å²) >= 11 is 1.63. The number of piperidine rings is 1. The first-order valence-electron chi connectivity index (χ1n) is 10.8. The van der Waals surface area contributed by atoms with Gasteiger partial charge < -0.3 is 5.32 Å². The Morgan fingerprint density at radius 2 is 1.68 bits per heavy atom. The third-order valence-corrected chi connectivity index (χ3v) is 6.91. The van der Waals surface area contributed by atoms with Crippen LogP contribution in [0.4, 0.5) is 0 Å². The van der Waals surface area contributed by atoms with Crippen molar-refractivity contribution in [1.82, 2.24) is 15.2 Å². The molecule has 1 amide bonds. The smallest absolute Gasteiger partial charge is 0.251 e. The summed E-state index contributed by atoms with van der Waals surface area (Å²) in [5, 5.41) is 4.23. The van der Waals surface area contributed by atoms with E-state index < -0.39 is 0 Å². The van der Waals surface area contributed by atoms with Crippen molar-refractivity contribution >= 4 is 27.5 Å². The van der Waals surface area contributed by atoms with Gasteiger partial charge >= 0.3 is 0 Å². The van der Waals surface area contributed by atoms with Crippen molar-refractivity contribution < 1.29 is 4.79 Å². The second kappa shape index (κ2) is 9.00. The van der Waals surface area contributed by atoms with E-state index in [9.17, 15) is 4.79 Å². The highest BCUT2D eigenvalue weighted by Gasteiger charge is 2.21. The zero-order chi connectivity index (χ0) is 21.0. The van der Waals surface area contributed by atoms with Gasteiger partial charge in [-0.15, -0.1) is 11.3 Å². The van der Waals surface area contributed by atoms with E-state index in [0.29, 0.717) is 5.56 Å². The number of nitrogens with zero attached hydrogens (tertiary/aromatic N) is 2. The van der Waals surface area contributed by atoms with Crippen LogP contribution in [0.25, 0.3) is 20.8 Å². The third kappa shape index (κ3) is 4.68. The van der Waals surface area contributed by atoms with Gasteiger partial charge in [0, 0.05) is 36.8 Å². The van der Waals surface area contributed by atoms with Crippen molar-refractivity contribution in [2.75, 3.05) is 13.1 Å². The lowest BCUT2D eigenvalue weighted by molar-refractivity contribution is 0.0909. The number of nitrogens with one attached hydrogen (secondary N) is 1. The van der Waals surface area contributed by atoms with Crippen LogP contribution in [0.5, 0.6) is 0 Å². The highest BCUT2D eigenvalue weighted by Crippen LogP contribution is 2.30. The van der Waals surface area contributed by atoms with Crippen LogP contribution >= 0.6 is 11.3 Å². The molecule has 4 aromatic rings. The van der Waals surface area contributed by atoms with Crippen LogP contribution in [0.3, 0.4) is 0 Å². The maximum absolute atomic E-state index is 12.9. The molecule has 0 unspecified atom stereocenters. The quantitative estimate of drug-likeness (QED) is 0.466. The first-order chi connectivity index (χ1) is 15.2. The summed E-state index contributed by atoms with van der Waals surface area (Å²) in [6.07, 6.45) is 1.97. The van der Waals surface area contributed by atoms with Gasteiger partial charge in [-0.25, -0.2) is 4.98 Å². The molecule has 1 aliphatic heterocycles. The topological polar surface area (TPSA) is 45.2 Å². The zero-order valence-electron chi connectivity index (χ0n) is 17.3. The van der Waals surface area contributed by atoms with Crippen LogP contribution in [-0.2, 0) is 6.54 Å². The number of hydrogen-bond donors (Lipinski definition) is 1. The van der Waals surface area contributed by atoms with Crippen molar-refractivity contribution in [3.05, 3.63) is 90.0 Å². The summed E-state index contributed by atoms with van der Waals surface area (Å²) in [5.74, 6) is 0.0121. The summed E-state index contributed by atoms with van der Waals surface area (Å²) < 4.78 is 1.05. The van der Waals surface area contributed by atoms with Crippen LogP contribution in [0, 0.1) is 0 Å². The Labute approximate surface area is 186 Å². The number of carbonyl (C=O) groups is 1. The Morgan fingerprint density at radius 3 is 2.42 bits per heavy atom. The Kier molecular flexibility index (Phi) is 5.78. The van der Waals surface area contributed by atoms with Crippen LogP contribution in [-0.4, -0.2) is 34.9 Å². The summed E-state index contributed by atoms with van der Waals surface area (Å²) in [7, 11) is 0. The number of thiazole rings is 1. The number of hydrogen-bond acceptors (Lipinski definition) is 4. The molecule has 0 bridgehead atoms. The molecule has 0 radical (unpaired) electrons. The normalized spacial score (nSPS) is 15.2. The van der Waals surface area contributed by atoms with Crippen LogP contribution in [0.15, 0.2) is 78.9 Å². The maximum Gasteiger partial charge on any atom is 0.251 e. The fourth-order valence-electron chi connectivity index (χ4n) is 4.12. The molecular weight excluding hydrogens is 402 g/mol. The molecule has 3 aromatic carbocycles. The molecule has 0 aliphatic carbocycles. The summed E-state index contributed by atoms with van der Waals surface area (Å²) in [6.45, 7) is 3.00. The van der Waals surface area contributed by atoms with Gasteiger partial charge in [0.15, 0.2) is 0 Å². The SMILES string of the molecule is O=C(NC1CCN(Cc2ccccc2)CC1)c1ccc2nc(-c3ccccc3)sc2c1. The molecule has 0 spiro atoms. The minimum atomic E-state index is 0.0121. The molecule has 1 fully saturated rings. The molecule has 31 heavy (non-hydrogen) atoms. The van der Waals surface area contributed by atoms with Crippen LogP contribution < -0.4 is 5.32 Å². The largest absolute Gasteiger partial charge is 0.349 e. The zero-order valence-corrected chi connectivity index (χ0v) is 18.1. The van der Waals surface area contributed by atoms with E-state index in [4.69, 9.17) is 4.98 Å². The summed E-state index contributed by atoms with van der Waals surface area (Å²) in [6, 6.07) is 26.8. The Balaban J connectivity index is 1.21. The van der Waals surface area contributed by atoms with Gasteiger partial charge in [0.1, 0.15) is 5.01 Å². The lowest BCUT2D eigenvalue weighted by atomic mass is 10.0. The van der Waals surface area contributed by atoms with Gasteiger partial charge in [-0.2, -0.15) is 0 Å². The molecule has 5 heteroatoms. The van der Waals surface area contributed by atoms with Crippen molar-refractivity contribution in [1.29, 1.82) is 0 Å². The lowest BCUT2D eigenvalue weighted by Crippen LogP contribution is -2.44. The minimum Gasteiger partial charge on any atom is -0.349 e. The van der Waals surface area contributed by atoms with Crippen molar-refractivity contribution in [3.8, 4) is 10.6 Å². The fraction of sp³-hybridized carbons (Fsp3) is 0.231. The van der Waals surface area contributed by atoms with E-state index in [0.717, 1.165) is 53.3 Å². The molecule has 1 aliphatic rings. The average molecular weight is 428 g/mol. The molecule has 0 saturated carbocycles. The van der Waals surface area contributed by atoms with Gasteiger partial charge in [0.2, 0.25) is 0 Å². The first kappa shape index (κ1) is 19.9. The number of benzene rings is 3. The highest BCUT2D eigenvalue weighted by atomic mass is 32.1. The second-order valence-electron chi connectivity index (χ2n) is 8.08. The van der Waals surface area contributed by atoms with Crippen molar-refractivity contribution in [2.24, 2.45) is 0 Å². The number of rotatable bonds is 5. The fourth-order valence-corrected chi connectivity index (χ4v) is 5.13. The molecule has 2 heterocycles. The molecule has 1 aromatic heterocycles. The molecule has 4 nitrogen and oxygen atoms in total. The summed E-state index contributed by atoms with van der Waals surface area (Å²) in [5.41, 5.74) is 4.10. The van der Waals surface area contributed by atoms with Crippen LogP contribution in [0.1, 0.15) is 28.8 Å². The lowest BCUT2D eigenvalue weighted by Gasteiger charge is -2.32. The molecule has 1 N–H and O–H groups in total. The van der Waals surface area contributed by atoms with Gasteiger partial charge in [0.25, 0.3) is 5.91 Å². The van der Waals surface area contributed by atoms with Gasteiger partial charge in [-0.3, -0.25) is 9.69 Å². The standard InChI is InChI=1S/C26H25N3OS/c30-25(27-22-13-15-29(16-14-22)18-19-7-3-1-4-8-19)21-11-12-23-24(17-21)31-26(28-23)20-9-5-2-6-10-20/h1-12,17,22H,13-16,18H2,(H,27,30). The van der Waals surface area contributed by atoms with E-state index in [-0.39, 0.29) is 11.9 Å². The number of amides is 1. The molecule has 5 rings (SSSR count). The second-order valence-corrected chi connectivity index (χ2v) is 9.11. The predicted molar refractivity (Wildman–Crippen MR) is 127 cm³/mol.